The highest BCUT2D eigenvalue weighted by Crippen LogP contribution is 2.21. The van der Waals surface area contributed by atoms with Gasteiger partial charge in [0.2, 0.25) is 0 Å². The average molecular weight is 406 g/mol. The molecule has 0 radical (unpaired) electrons. The Morgan fingerprint density at radius 3 is 2.41 bits per heavy atom. The smallest absolute Gasteiger partial charge is 0.267 e. The van der Waals surface area contributed by atoms with E-state index in [9.17, 15) is 9.59 Å². The molecule has 2 heterocycles. The van der Waals surface area contributed by atoms with E-state index in [1.807, 2.05) is 13.8 Å². The van der Waals surface area contributed by atoms with E-state index in [1.54, 1.807) is 29.9 Å². The highest BCUT2D eigenvalue weighted by Gasteiger charge is 2.17. The van der Waals surface area contributed by atoms with Crippen LogP contribution in [0.3, 0.4) is 0 Å². The van der Waals surface area contributed by atoms with Gasteiger partial charge in [0.25, 0.3) is 11.8 Å². The number of nitrogens with zero attached hydrogens (tertiary/aromatic N) is 3. The van der Waals surface area contributed by atoms with E-state index in [2.05, 4.69) is 20.9 Å². The number of nitrogens with one attached hydrogen (secondary N) is 2. The number of benzene rings is 1. The molecule has 1 aromatic carbocycles. The molecule has 7 nitrogen and oxygen atoms in total. The van der Waals surface area contributed by atoms with E-state index in [0.29, 0.717) is 21.9 Å². The molecule has 0 aliphatic heterocycles. The molecule has 0 unspecified atom stereocenters. The first-order valence-electron chi connectivity index (χ1n) is 8.18. The van der Waals surface area contributed by atoms with Crippen LogP contribution in [0.1, 0.15) is 46.3 Å². The molecule has 0 aliphatic carbocycles. The van der Waals surface area contributed by atoms with Crippen LogP contribution in [0.15, 0.2) is 30.5 Å². The summed E-state index contributed by atoms with van der Waals surface area (Å²) in [7, 11) is 0. The zero-order valence-electron chi connectivity index (χ0n) is 14.9. The maximum atomic E-state index is 12.5. The monoisotopic (exact) mass is 405 g/mol. The van der Waals surface area contributed by atoms with Gasteiger partial charge in [-0.05, 0) is 45.0 Å². The number of halogens is 2. The van der Waals surface area contributed by atoms with Crippen LogP contribution in [-0.2, 0) is 0 Å². The van der Waals surface area contributed by atoms with Crippen LogP contribution >= 0.6 is 23.2 Å². The van der Waals surface area contributed by atoms with Gasteiger partial charge in [0.1, 0.15) is 0 Å². The maximum Gasteiger partial charge on any atom is 0.271 e. The molecule has 0 atom stereocenters. The Kier molecular flexibility index (Phi) is 5.34. The summed E-state index contributed by atoms with van der Waals surface area (Å²) in [6.07, 6.45) is 1.66. The fraction of sp³-hybridized carbons (Fsp3) is 0.222. The third kappa shape index (κ3) is 3.89. The molecule has 2 aromatic heterocycles. The van der Waals surface area contributed by atoms with Crippen molar-refractivity contribution in [3.8, 4) is 0 Å². The van der Waals surface area contributed by atoms with E-state index in [4.69, 9.17) is 23.2 Å². The zero-order chi connectivity index (χ0) is 19.7. The fourth-order valence-electron chi connectivity index (χ4n) is 2.59. The summed E-state index contributed by atoms with van der Waals surface area (Å²) in [4.78, 5) is 29.2. The van der Waals surface area contributed by atoms with Gasteiger partial charge in [-0.25, -0.2) is 9.67 Å². The summed E-state index contributed by atoms with van der Waals surface area (Å²) in [6, 6.07) is 6.34. The van der Waals surface area contributed by atoms with Crippen LogP contribution in [0.4, 0.5) is 0 Å². The molecule has 0 fully saturated rings. The minimum absolute atomic E-state index is 0.149. The van der Waals surface area contributed by atoms with Gasteiger partial charge in [-0.3, -0.25) is 20.4 Å². The highest BCUT2D eigenvalue weighted by molar-refractivity contribution is 6.35. The van der Waals surface area contributed by atoms with E-state index in [0.717, 1.165) is 5.39 Å². The number of hydrazine groups is 1. The van der Waals surface area contributed by atoms with Gasteiger partial charge in [0, 0.05) is 16.5 Å². The van der Waals surface area contributed by atoms with Crippen LogP contribution < -0.4 is 10.9 Å². The van der Waals surface area contributed by atoms with Gasteiger partial charge >= 0.3 is 0 Å². The minimum atomic E-state index is -0.574. The van der Waals surface area contributed by atoms with E-state index >= 15 is 0 Å². The summed E-state index contributed by atoms with van der Waals surface area (Å²) in [5, 5.41) is 5.63. The first-order valence-corrected chi connectivity index (χ1v) is 8.94. The number of aryl methyl sites for hydroxylation is 1. The summed E-state index contributed by atoms with van der Waals surface area (Å²) < 4.78 is 1.78. The molecular formula is C18H17Cl2N5O2. The van der Waals surface area contributed by atoms with Crippen molar-refractivity contribution in [2.75, 3.05) is 0 Å². The standard InChI is InChI=1S/C18H17Cl2N5O2/c1-9(2)25-16-11(8-21-25)6-13(10(3)22-16)17(26)23-24-18(27)14-7-12(19)4-5-15(14)20/h4-9H,1-3H3,(H,23,26)(H,24,27). The second-order valence-electron chi connectivity index (χ2n) is 6.25. The zero-order valence-corrected chi connectivity index (χ0v) is 16.4. The lowest BCUT2D eigenvalue weighted by Gasteiger charge is -2.11. The van der Waals surface area contributed by atoms with E-state index in [1.165, 1.54) is 12.1 Å². The number of aromatic nitrogens is 3. The molecule has 0 bridgehead atoms. The van der Waals surface area contributed by atoms with Crippen molar-refractivity contribution >= 4 is 46.0 Å². The van der Waals surface area contributed by atoms with Crippen LogP contribution in [0, 0.1) is 6.92 Å². The number of hydrogen-bond acceptors (Lipinski definition) is 4. The number of fused-ring (bicyclic) bond motifs is 1. The molecular weight excluding hydrogens is 389 g/mol. The van der Waals surface area contributed by atoms with Crippen molar-refractivity contribution in [1.29, 1.82) is 0 Å². The second-order valence-corrected chi connectivity index (χ2v) is 7.09. The lowest BCUT2D eigenvalue weighted by Crippen LogP contribution is -2.42. The predicted octanol–water partition coefficient (Wildman–Crippen LogP) is 3.70. The van der Waals surface area contributed by atoms with Crippen molar-refractivity contribution in [3.63, 3.8) is 0 Å². The van der Waals surface area contributed by atoms with Gasteiger partial charge in [0.15, 0.2) is 5.65 Å². The van der Waals surface area contributed by atoms with Gasteiger partial charge < -0.3 is 0 Å². The average Bonchev–Trinajstić information content (AvgIpc) is 3.03. The SMILES string of the molecule is Cc1nc2c(cnn2C(C)C)cc1C(=O)NNC(=O)c1cc(Cl)ccc1Cl. The van der Waals surface area contributed by atoms with E-state index in [-0.39, 0.29) is 16.6 Å². The Labute approximate surface area is 165 Å². The van der Waals surface area contributed by atoms with Crippen molar-refractivity contribution in [3.05, 3.63) is 57.3 Å². The van der Waals surface area contributed by atoms with Crippen molar-refractivity contribution < 1.29 is 9.59 Å². The van der Waals surface area contributed by atoms with Crippen LogP contribution in [0.25, 0.3) is 11.0 Å². The number of hydrogen-bond donors (Lipinski definition) is 2. The topological polar surface area (TPSA) is 88.9 Å². The first kappa shape index (κ1) is 19.1. The number of carbonyl (C=O) groups is 2. The molecule has 2 amide bonds. The molecule has 0 saturated carbocycles. The Morgan fingerprint density at radius 2 is 1.74 bits per heavy atom. The van der Waals surface area contributed by atoms with Gasteiger partial charge in [-0.15, -0.1) is 0 Å². The van der Waals surface area contributed by atoms with Crippen molar-refractivity contribution in [1.82, 2.24) is 25.6 Å². The maximum absolute atomic E-state index is 12.5. The number of amides is 2. The molecule has 2 N–H and O–H groups in total. The van der Waals surface area contributed by atoms with E-state index < -0.39 is 11.8 Å². The summed E-state index contributed by atoms with van der Waals surface area (Å²) in [5.41, 5.74) is 6.43. The minimum Gasteiger partial charge on any atom is -0.267 e. The lowest BCUT2D eigenvalue weighted by atomic mass is 10.1. The van der Waals surface area contributed by atoms with Crippen molar-refractivity contribution in [2.45, 2.75) is 26.8 Å². The number of carbonyl (C=O) groups excluding carboxylic acids is 2. The third-order valence-corrected chi connectivity index (χ3v) is 4.52. The second kappa shape index (κ2) is 7.54. The normalized spacial score (nSPS) is 11.0. The highest BCUT2D eigenvalue weighted by atomic mass is 35.5. The van der Waals surface area contributed by atoms with Crippen LogP contribution in [0.2, 0.25) is 10.0 Å². The largest absolute Gasteiger partial charge is 0.271 e. The molecule has 9 heteroatoms. The quantitative estimate of drug-likeness (QED) is 0.650. The Hall–Kier alpha value is -2.64. The summed E-state index contributed by atoms with van der Waals surface area (Å²) in [5.74, 6) is -1.07. The molecule has 3 rings (SSSR count). The van der Waals surface area contributed by atoms with Crippen LogP contribution in [-0.4, -0.2) is 26.6 Å². The first-order chi connectivity index (χ1) is 12.8. The molecule has 3 aromatic rings. The fourth-order valence-corrected chi connectivity index (χ4v) is 2.97. The Bertz CT molecular complexity index is 1050. The Morgan fingerprint density at radius 1 is 1.07 bits per heavy atom. The lowest BCUT2D eigenvalue weighted by molar-refractivity contribution is 0.0846. The summed E-state index contributed by atoms with van der Waals surface area (Å²) in [6.45, 7) is 5.73. The third-order valence-electron chi connectivity index (χ3n) is 3.96. The molecule has 27 heavy (non-hydrogen) atoms. The van der Waals surface area contributed by atoms with Gasteiger partial charge in [-0.1, -0.05) is 23.2 Å². The van der Waals surface area contributed by atoms with Gasteiger partial charge in [-0.2, -0.15) is 5.10 Å². The molecule has 0 saturated heterocycles. The number of rotatable bonds is 3. The van der Waals surface area contributed by atoms with Crippen molar-refractivity contribution in [2.24, 2.45) is 0 Å². The molecule has 0 spiro atoms. The summed E-state index contributed by atoms with van der Waals surface area (Å²) >= 11 is 11.9. The molecule has 140 valence electrons. The van der Waals surface area contributed by atoms with Crippen LogP contribution in [0.5, 0.6) is 0 Å². The van der Waals surface area contributed by atoms with Gasteiger partial charge in [0.05, 0.1) is 28.0 Å². The Balaban J connectivity index is 1.79. The number of pyridine rings is 1. The predicted molar refractivity (Wildman–Crippen MR) is 104 cm³/mol. The molecule has 0 aliphatic rings.